The van der Waals surface area contributed by atoms with Crippen LogP contribution in [0.3, 0.4) is 0 Å². The molecule has 486 valence electrons. The second-order valence-electron chi connectivity index (χ2n) is 24.4. The van der Waals surface area contributed by atoms with Gasteiger partial charge < -0.3 is 53.6 Å². The smallest absolute Gasteiger partial charge is 0.854 e. The standard InChI is InChI=1S/C13H22O5S.C13H11.C12H19N3O2.C12H20O3.C8H12O.C8H11O.C2H4O.CH4O.2K/c1-19(14,15)18-7-6-16-4-5-17-10-13-9-11-2-3-12(13)8-11;1-3-7-12(8-4-1)11-13-9-5-2-6-10-13;13-15-14-3-4-16-5-6-17-9-12-8-10-1-2-11(12)7-10;13-3-4-14-5-6-15-9-12-8-10-1-2-11(12)7-10;2*9-5-8-4-6-1-2-7(8)3-6;1-2-3-1;1-2;;/h2-3,11-13H,4-10H2,1H3;1-11H;1-2,10-12H,3-9H2;1-2,10-13H,3-9H2;1-2,6-9H,3-5H2;1-2,6-8H,3-5H2;1-2H2;2H,1H3;;/q;-1;;;;-1;;;2*+1. The van der Waals surface area contributed by atoms with Gasteiger partial charge in [-0.1, -0.05) is 102 Å². The maximum atomic E-state index is 10.7. The molecule has 0 spiro atoms. The van der Waals surface area contributed by atoms with Gasteiger partial charge in [-0.2, -0.15) is 8.42 Å². The van der Waals surface area contributed by atoms with Gasteiger partial charge in [-0.25, -0.2) is 0 Å². The minimum Gasteiger partial charge on any atom is -0.854 e. The van der Waals surface area contributed by atoms with Gasteiger partial charge in [0, 0.05) is 25.2 Å². The quantitative estimate of drug-likeness (QED) is 0.0127. The Labute approximate surface area is 618 Å². The van der Waals surface area contributed by atoms with E-state index in [2.05, 4.69) is 135 Å². The largest absolute Gasteiger partial charge is 1.00 e. The van der Waals surface area contributed by atoms with Gasteiger partial charge in [0.05, 0.1) is 112 Å². The molecule has 2 aromatic carbocycles. The van der Waals surface area contributed by atoms with E-state index in [0.717, 1.165) is 99.7 Å². The van der Waals surface area contributed by atoms with Gasteiger partial charge in [0.2, 0.25) is 0 Å². The van der Waals surface area contributed by atoms with Crippen LogP contribution in [-0.2, 0) is 47.5 Å². The molecule has 3 N–H and O–H groups in total. The van der Waals surface area contributed by atoms with Crippen LogP contribution >= 0.6 is 0 Å². The Bertz CT molecular complexity index is 2400. The monoisotopic (exact) mass is 1310 g/mol. The second-order valence-corrected chi connectivity index (χ2v) is 26.0. The summed E-state index contributed by atoms with van der Waals surface area (Å²) in [5.41, 5.74) is 10.5. The van der Waals surface area contributed by atoms with E-state index in [1.54, 1.807) is 0 Å². The van der Waals surface area contributed by atoms with Crippen molar-refractivity contribution in [2.75, 3.05) is 139 Å². The van der Waals surface area contributed by atoms with Crippen LogP contribution in [0.1, 0.15) is 75.3 Å². The fourth-order valence-corrected chi connectivity index (χ4v) is 13.9. The van der Waals surface area contributed by atoms with Crippen LogP contribution < -0.4 is 108 Å². The summed E-state index contributed by atoms with van der Waals surface area (Å²) in [6.07, 6.45) is 39.1. The Balaban J connectivity index is 0.000000227. The minimum absolute atomic E-state index is 0. The number of aliphatic hydroxyl groups is 3. The summed E-state index contributed by atoms with van der Waals surface area (Å²) in [6.45, 7) is 10.3. The van der Waals surface area contributed by atoms with Crippen molar-refractivity contribution in [3.8, 4) is 0 Å². The molecule has 15 atom stereocenters. The second kappa shape index (κ2) is 47.9. The van der Waals surface area contributed by atoms with E-state index in [1.807, 2.05) is 12.1 Å². The predicted octanol–water partition coefficient (Wildman–Crippen LogP) is 3.64. The van der Waals surface area contributed by atoms with E-state index in [9.17, 15) is 13.5 Å². The summed E-state index contributed by atoms with van der Waals surface area (Å²) in [7, 11) is -2.36. The minimum atomic E-state index is -3.36. The molecule has 1 heterocycles. The molecule has 17 nitrogen and oxygen atoms in total. The van der Waals surface area contributed by atoms with E-state index < -0.39 is 10.1 Å². The summed E-state index contributed by atoms with van der Waals surface area (Å²) in [4.78, 5) is 2.65. The molecule has 10 bridgehead atoms. The number of hydrogen-bond donors (Lipinski definition) is 3. The summed E-state index contributed by atoms with van der Waals surface area (Å²) < 4.78 is 62.8. The fraction of sp³-hybridized carbons (Fsp3) is 0.667. The number of nitrogens with zero attached hydrogens (tertiary/aromatic N) is 3. The van der Waals surface area contributed by atoms with Crippen LogP contribution in [-0.4, -0.2) is 163 Å². The number of hydrogen-bond acceptors (Lipinski definition) is 15. The van der Waals surface area contributed by atoms with Crippen LogP contribution in [0.25, 0.3) is 10.4 Å². The van der Waals surface area contributed by atoms with Gasteiger partial charge in [0.25, 0.3) is 10.1 Å². The van der Waals surface area contributed by atoms with Gasteiger partial charge in [-0.3, -0.25) is 4.18 Å². The summed E-state index contributed by atoms with van der Waals surface area (Å²) >= 11 is 0. The number of allylic oxidation sites excluding steroid dienone is 10. The molecule has 0 radical (unpaired) electrons. The molecule has 0 aromatic heterocycles. The molecule has 5 saturated carbocycles. The first-order valence-electron chi connectivity index (χ1n) is 32.1. The zero-order valence-electron chi connectivity index (χ0n) is 53.9. The predicted molar refractivity (Wildman–Crippen MR) is 337 cm³/mol. The Morgan fingerprint density at radius 3 is 1.12 bits per heavy atom. The molecule has 89 heavy (non-hydrogen) atoms. The van der Waals surface area contributed by atoms with Crippen molar-refractivity contribution < 1.29 is 169 Å². The normalized spacial score (nSPS) is 29.1. The number of fused-ring (bicyclic) bond motifs is 10. The fourth-order valence-electron chi connectivity index (χ4n) is 13.6. The van der Waals surface area contributed by atoms with Crippen molar-refractivity contribution >= 4 is 10.1 Å². The third kappa shape index (κ3) is 32.6. The van der Waals surface area contributed by atoms with Crippen LogP contribution in [0.4, 0.5) is 0 Å². The Hall–Kier alpha value is -0.937. The number of ether oxygens (including phenoxy) is 7. The van der Waals surface area contributed by atoms with E-state index in [4.69, 9.17) is 49.3 Å². The molecular weight excluding hydrogens is 1210 g/mol. The summed E-state index contributed by atoms with van der Waals surface area (Å²) in [5, 5.41) is 38.2. The molecule has 15 unspecified atom stereocenters. The van der Waals surface area contributed by atoms with Gasteiger partial charge in [-0.15, -0.1) is 48.4 Å². The molecule has 0 amide bonds. The maximum Gasteiger partial charge on any atom is 1.00 e. The number of azide groups is 1. The molecule has 1 aliphatic heterocycles. The SMILES string of the molecule is C1CO1.CO.CS(=O)(=O)OCCOCCOCC1CC2C=CC1C2.OCC1CC2C=CC1C2.OCCOCCOCC1CC2C=CC1C2.[K+].[K+].[N-]=[N+]=NCCOCCOCC1CC2C=CC1C2.[O-]CC1CC2C=CC1C2.c1ccc([CH-]c2ccccc2)cc1. The van der Waals surface area contributed by atoms with Gasteiger partial charge in [0.1, 0.15) is 0 Å². The first-order chi connectivity index (χ1) is 42.6. The molecule has 13 rings (SSSR count). The number of epoxide rings is 1. The van der Waals surface area contributed by atoms with Gasteiger partial charge in [0.15, 0.2) is 0 Å². The van der Waals surface area contributed by atoms with Crippen LogP contribution in [0.2, 0.25) is 0 Å². The molecule has 10 aliphatic carbocycles. The van der Waals surface area contributed by atoms with Crippen LogP contribution in [0.15, 0.2) is 127 Å². The average molecular weight is 1310 g/mol. The van der Waals surface area contributed by atoms with Crippen molar-refractivity contribution in [3.63, 3.8) is 0 Å². The van der Waals surface area contributed by atoms with Crippen molar-refractivity contribution in [1.29, 1.82) is 0 Å². The van der Waals surface area contributed by atoms with Gasteiger partial charge in [-0.05, 0) is 159 Å². The molecular formula is C69H103K2N3O14S. The first-order valence-corrected chi connectivity index (χ1v) is 33.9. The van der Waals surface area contributed by atoms with E-state index in [1.165, 1.54) is 75.3 Å². The van der Waals surface area contributed by atoms with Crippen molar-refractivity contribution in [2.45, 2.75) is 64.2 Å². The summed E-state index contributed by atoms with van der Waals surface area (Å²) in [6, 6.07) is 20.7. The van der Waals surface area contributed by atoms with E-state index in [0.29, 0.717) is 102 Å². The Kier molecular flexibility index (Phi) is 43.3. The van der Waals surface area contributed by atoms with Gasteiger partial charge >= 0.3 is 103 Å². The van der Waals surface area contributed by atoms with Crippen molar-refractivity contribution in [2.24, 2.45) is 93.9 Å². The first kappa shape index (κ1) is 80.5. The Morgan fingerprint density at radius 2 is 0.843 bits per heavy atom. The zero-order chi connectivity index (χ0) is 61.7. The molecule has 6 fully saturated rings. The number of rotatable bonds is 28. The zero-order valence-corrected chi connectivity index (χ0v) is 60.9. The molecule has 11 aliphatic rings. The number of benzene rings is 2. The molecule has 2 aromatic rings. The van der Waals surface area contributed by atoms with Crippen LogP contribution in [0.5, 0.6) is 0 Å². The maximum absolute atomic E-state index is 10.7. The summed E-state index contributed by atoms with van der Waals surface area (Å²) in [5.74, 6) is 10.8. The molecule has 20 heteroatoms. The third-order valence-electron chi connectivity index (χ3n) is 17.9. The third-order valence-corrected chi connectivity index (χ3v) is 18.5. The molecule has 1 saturated heterocycles. The van der Waals surface area contributed by atoms with Crippen LogP contribution in [0, 0.1) is 95.2 Å². The Morgan fingerprint density at radius 1 is 0.506 bits per heavy atom. The topological polar surface area (TPSA) is 244 Å². The van der Waals surface area contributed by atoms with Crippen molar-refractivity contribution in [3.05, 3.63) is 149 Å². The van der Waals surface area contributed by atoms with E-state index in [-0.39, 0.29) is 129 Å². The number of aliphatic hydroxyl groups excluding tert-OH is 3. The van der Waals surface area contributed by atoms with Crippen molar-refractivity contribution in [1.82, 2.24) is 0 Å². The average Bonchev–Trinajstić information content (AvgIpc) is 4.23. The van der Waals surface area contributed by atoms with E-state index >= 15 is 0 Å².